The number of benzene rings is 1. The zero-order valence-electron chi connectivity index (χ0n) is 15.3. The first kappa shape index (κ1) is 18.0. The molecule has 0 bridgehead atoms. The number of anilines is 1. The van der Waals surface area contributed by atoms with Crippen molar-refractivity contribution in [1.29, 1.82) is 0 Å². The number of esters is 1. The van der Waals surface area contributed by atoms with Gasteiger partial charge in [-0.25, -0.2) is 9.59 Å². The van der Waals surface area contributed by atoms with Gasteiger partial charge in [0.05, 0.1) is 18.2 Å². The van der Waals surface area contributed by atoms with Gasteiger partial charge < -0.3 is 19.5 Å². The van der Waals surface area contributed by atoms with Crippen molar-refractivity contribution >= 4 is 17.7 Å². The molecular weight excluding hydrogens is 330 g/mol. The molecule has 26 heavy (non-hydrogen) atoms. The first-order valence-corrected chi connectivity index (χ1v) is 9.06. The van der Waals surface area contributed by atoms with Crippen LogP contribution in [0, 0.1) is 0 Å². The summed E-state index contributed by atoms with van der Waals surface area (Å²) in [6.45, 7) is 3.10. The molecule has 1 aliphatic rings. The molecule has 1 fully saturated rings. The molecular formula is C20H25N3O3. The van der Waals surface area contributed by atoms with Crippen molar-refractivity contribution in [3.8, 4) is 0 Å². The minimum absolute atomic E-state index is 0.0956. The minimum Gasteiger partial charge on any atom is -0.462 e. The van der Waals surface area contributed by atoms with Gasteiger partial charge in [0.15, 0.2) is 0 Å². The molecule has 1 N–H and O–H groups in total. The van der Waals surface area contributed by atoms with Crippen LogP contribution in [0.3, 0.4) is 0 Å². The number of ether oxygens (including phenoxy) is 1. The van der Waals surface area contributed by atoms with Crippen molar-refractivity contribution in [3.63, 3.8) is 0 Å². The van der Waals surface area contributed by atoms with Gasteiger partial charge in [0, 0.05) is 31.2 Å². The maximum Gasteiger partial charge on any atom is 0.338 e. The smallest absolute Gasteiger partial charge is 0.338 e. The number of amides is 2. The van der Waals surface area contributed by atoms with Crippen LogP contribution < -0.4 is 5.32 Å². The summed E-state index contributed by atoms with van der Waals surface area (Å²) in [6.07, 6.45) is 4.75. The first-order chi connectivity index (χ1) is 12.6. The highest BCUT2D eigenvalue weighted by Crippen LogP contribution is 2.32. The number of urea groups is 1. The molecule has 1 atom stereocenters. The lowest BCUT2D eigenvalue weighted by atomic mass is 10.1. The molecule has 6 nitrogen and oxygen atoms in total. The lowest BCUT2D eigenvalue weighted by Crippen LogP contribution is -2.35. The van der Waals surface area contributed by atoms with Gasteiger partial charge in [0.1, 0.15) is 0 Å². The van der Waals surface area contributed by atoms with E-state index in [9.17, 15) is 9.59 Å². The predicted octanol–water partition coefficient (Wildman–Crippen LogP) is 3.96. The van der Waals surface area contributed by atoms with E-state index < -0.39 is 0 Å². The Balaban J connectivity index is 1.64. The van der Waals surface area contributed by atoms with Crippen molar-refractivity contribution in [2.24, 2.45) is 7.05 Å². The van der Waals surface area contributed by atoms with E-state index >= 15 is 0 Å². The van der Waals surface area contributed by atoms with Gasteiger partial charge >= 0.3 is 12.0 Å². The molecule has 6 heteroatoms. The third kappa shape index (κ3) is 3.90. The fourth-order valence-electron chi connectivity index (χ4n) is 3.30. The quantitative estimate of drug-likeness (QED) is 0.826. The molecule has 0 radical (unpaired) electrons. The molecule has 1 saturated heterocycles. The topological polar surface area (TPSA) is 63.6 Å². The summed E-state index contributed by atoms with van der Waals surface area (Å²) in [6, 6.07) is 10.8. The molecule has 3 rings (SSSR count). The van der Waals surface area contributed by atoms with Crippen LogP contribution >= 0.6 is 0 Å². The molecule has 1 aromatic carbocycles. The number of carbonyl (C=O) groups is 2. The predicted molar refractivity (Wildman–Crippen MR) is 100 cm³/mol. The number of rotatable bonds is 5. The van der Waals surface area contributed by atoms with Gasteiger partial charge in [-0.15, -0.1) is 0 Å². The second-order valence-electron chi connectivity index (χ2n) is 6.54. The van der Waals surface area contributed by atoms with E-state index in [4.69, 9.17) is 4.74 Å². The number of hydrogen-bond donors (Lipinski definition) is 1. The van der Waals surface area contributed by atoms with E-state index in [1.165, 1.54) is 0 Å². The number of aryl methyl sites for hydroxylation is 1. The number of hydrogen-bond acceptors (Lipinski definition) is 3. The molecule has 2 amide bonds. The summed E-state index contributed by atoms with van der Waals surface area (Å²) in [5.41, 5.74) is 2.30. The zero-order valence-corrected chi connectivity index (χ0v) is 15.3. The third-order valence-electron chi connectivity index (χ3n) is 4.65. The van der Waals surface area contributed by atoms with Gasteiger partial charge in [-0.05, 0) is 55.7 Å². The van der Waals surface area contributed by atoms with Crippen LogP contribution in [-0.4, -0.2) is 34.6 Å². The maximum atomic E-state index is 12.7. The molecule has 1 unspecified atom stereocenters. The second kappa shape index (κ2) is 8.08. The minimum atomic E-state index is -0.340. The van der Waals surface area contributed by atoms with Crippen LogP contribution in [-0.2, 0) is 11.8 Å². The van der Waals surface area contributed by atoms with Gasteiger partial charge in [-0.2, -0.15) is 0 Å². The lowest BCUT2D eigenvalue weighted by molar-refractivity contribution is 0.0505. The number of aromatic nitrogens is 1. The van der Waals surface area contributed by atoms with Crippen LogP contribution in [0.1, 0.15) is 48.3 Å². The highest BCUT2D eigenvalue weighted by Gasteiger charge is 2.31. The molecule has 2 heterocycles. The highest BCUT2D eigenvalue weighted by atomic mass is 16.5. The second-order valence-corrected chi connectivity index (χ2v) is 6.54. The van der Waals surface area contributed by atoms with Crippen molar-refractivity contribution in [2.45, 2.75) is 32.2 Å². The largest absolute Gasteiger partial charge is 0.462 e. The summed E-state index contributed by atoms with van der Waals surface area (Å²) < 4.78 is 7.17. The number of likely N-dealkylation sites (tertiary alicyclic amines) is 1. The zero-order chi connectivity index (χ0) is 18.5. The highest BCUT2D eigenvalue weighted by molar-refractivity contribution is 5.92. The Hall–Kier alpha value is -2.76. The molecule has 0 saturated carbocycles. The molecule has 138 valence electrons. The summed E-state index contributed by atoms with van der Waals surface area (Å²) in [5.74, 6) is -0.340. The van der Waals surface area contributed by atoms with E-state index in [0.29, 0.717) is 17.9 Å². The Morgan fingerprint density at radius 1 is 1.23 bits per heavy atom. The average Bonchev–Trinajstić information content (AvgIpc) is 3.28. The van der Waals surface area contributed by atoms with E-state index in [1.807, 2.05) is 31.1 Å². The Bertz CT molecular complexity index is 767. The number of nitrogens with one attached hydrogen (secondary N) is 1. The van der Waals surface area contributed by atoms with Crippen LogP contribution in [0.4, 0.5) is 10.5 Å². The molecule has 1 aliphatic heterocycles. The average molecular weight is 355 g/mol. The molecule has 2 aromatic rings. The van der Waals surface area contributed by atoms with Gasteiger partial charge in [-0.3, -0.25) is 0 Å². The standard InChI is InChI=1S/C20H25N3O3/c1-3-14-26-19(24)15-8-10-16(11-9-15)21-20(25)23-13-5-7-18(23)17-6-4-12-22(17)2/h4,6,8-12,18H,3,5,7,13-14H2,1-2H3,(H,21,25). The van der Waals surface area contributed by atoms with Crippen molar-refractivity contribution in [2.75, 3.05) is 18.5 Å². The summed E-state index contributed by atoms with van der Waals surface area (Å²) in [7, 11) is 2.00. The normalized spacial score (nSPS) is 16.5. The Kier molecular flexibility index (Phi) is 5.61. The third-order valence-corrected chi connectivity index (χ3v) is 4.65. The monoisotopic (exact) mass is 355 g/mol. The molecule has 0 spiro atoms. The van der Waals surface area contributed by atoms with Crippen molar-refractivity contribution < 1.29 is 14.3 Å². The fourth-order valence-corrected chi connectivity index (χ4v) is 3.30. The molecule has 1 aromatic heterocycles. The molecule has 0 aliphatic carbocycles. The van der Waals surface area contributed by atoms with Crippen molar-refractivity contribution in [1.82, 2.24) is 9.47 Å². The van der Waals surface area contributed by atoms with E-state index in [-0.39, 0.29) is 18.0 Å². The Labute approximate surface area is 153 Å². The number of nitrogens with zero attached hydrogens (tertiary/aromatic N) is 2. The lowest BCUT2D eigenvalue weighted by Gasteiger charge is -2.25. The Morgan fingerprint density at radius 2 is 2.00 bits per heavy atom. The Morgan fingerprint density at radius 3 is 2.65 bits per heavy atom. The fraction of sp³-hybridized carbons (Fsp3) is 0.400. The van der Waals surface area contributed by atoms with Crippen LogP contribution in [0.15, 0.2) is 42.6 Å². The van der Waals surface area contributed by atoms with Crippen LogP contribution in [0.2, 0.25) is 0 Å². The van der Waals surface area contributed by atoms with Crippen LogP contribution in [0.25, 0.3) is 0 Å². The van der Waals surface area contributed by atoms with Gasteiger partial charge in [0.25, 0.3) is 0 Å². The SMILES string of the molecule is CCCOC(=O)c1ccc(NC(=O)N2CCCC2c2cccn2C)cc1. The van der Waals surface area contributed by atoms with E-state index in [2.05, 4.69) is 16.0 Å². The van der Waals surface area contributed by atoms with Gasteiger partial charge in [-0.1, -0.05) is 6.92 Å². The maximum absolute atomic E-state index is 12.7. The van der Waals surface area contributed by atoms with Crippen molar-refractivity contribution in [3.05, 3.63) is 53.9 Å². The van der Waals surface area contributed by atoms with E-state index in [0.717, 1.165) is 31.5 Å². The van der Waals surface area contributed by atoms with Crippen LogP contribution in [0.5, 0.6) is 0 Å². The first-order valence-electron chi connectivity index (χ1n) is 9.06. The number of carbonyl (C=O) groups excluding carboxylic acids is 2. The summed E-state index contributed by atoms with van der Waals surface area (Å²) >= 11 is 0. The summed E-state index contributed by atoms with van der Waals surface area (Å²) in [5, 5.41) is 2.93. The van der Waals surface area contributed by atoms with Gasteiger partial charge in [0.2, 0.25) is 0 Å². The van der Waals surface area contributed by atoms with E-state index in [1.54, 1.807) is 24.3 Å². The summed E-state index contributed by atoms with van der Waals surface area (Å²) in [4.78, 5) is 26.4.